The number of benzene rings is 1. The molecule has 2 N–H and O–H groups in total. The molecule has 0 bridgehead atoms. The molecular weight excluding hydrogens is 324 g/mol. The molecule has 0 spiro atoms. The Labute approximate surface area is 158 Å². The number of aliphatic imine (C=N–C) groups is 1. The van der Waals surface area contributed by atoms with Crippen LogP contribution in [0.25, 0.3) is 0 Å². The van der Waals surface area contributed by atoms with Crippen LogP contribution in [0.4, 0.5) is 0 Å². The van der Waals surface area contributed by atoms with Crippen molar-refractivity contribution in [3.8, 4) is 0 Å². The van der Waals surface area contributed by atoms with Gasteiger partial charge in [0, 0.05) is 32.6 Å². The van der Waals surface area contributed by atoms with Crippen molar-refractivity contribution >= 4 is 11.9 Å². The molecule has 0 radical (unpaired) electrons. The third kappa shape index (κ3) is 7.06. The van der Waals surface area contributed by atoms with Crippen molar-refractivity contribution < 1.29 is 4.79 Å². The van der Waals surface area contributed by atoms with Gasteiger partial charge in [0.1, 0.15) is 0 Å². The molecule has 26 heavy (non-hydrogen) atoms. The van der Waals surface area contributed by atoms with Crippen LogP contribution in [0.1, 0.15) is 57.6 Å². The molecule has 5 heteroatoms. The van der Waals surface area contributed by atoms with E-state index in [1.807, 2.05) is 4.90 Å². The number of rotatable bonds is 9. The SMILES string of the molecule is CCNC(=NCc1ccc(CN2CCCC2=O)cc1)NCCCC(C)C. The second-order valence-electron chi connectivity index (χ2n) is 7.39. The van der Waals surface area contributed by atoms with Crippen molar-refractivity contribution in [2.24, 2.45) is 10.9 Å². The van der Waals surface area contributed by atoms with E-state index in [0.29, 0.717) is 13.0 Å². The van der Waals surface area contributed by atoms with Crippen LogP contribution in [0, 0.1) is 5.92 Å². The Hall–Kier alpha value is -2.04. The summed E-state index contributed by atoms with van der Waals surface area (Å²) in [6.45, 7) is 10.7. The van der Waals surface area contributed by atoms with Gasteiger partial charge in [-0.2, -0.15) is 0 Å². The zero-order valence-electron chi connectivity index (χ0n) is 16.6. The largest absolute Gasteiger partial charge is 0.357 e. The summed E-state index contributed by atoms with van der Waals surface area (Å²) in [6, 6.07) is 8.45. The number of nitrogens with one attached hydrogen (secondary N) is 2. The zero-order chi connectivity index (χ0) is 18.8. The molecule has 1 heterocycles. The molecule has 1 fully saturated rings. The number of guanidine groups is 1. The quantitative estimate of drug-likeness (QED) is 0.404. The lowest BCUT2D eigenvalue weighted by atomic mass is 10.1. The van der Waals surface area contributed by atoms with Gasteiger partial charge in [-0.3, -0.25) is 4.79 Å². The Balaban J connectivity index is 1.82. The van der Waals surface area contributed by atoms with Crippen LogP contribution >= 0.6 is 0 Å². The summed E-state index contributed by atoms with van der Waals surface area (Å²) < 4.78 is 0. The normalized spacial score (nSPS) is 15.0. The van der Waals surface area contributed by atoms with Crippen LogP contribution < -0.4 is 10.6 Å². The lowest BCUT2D eigenvalue weighted by molar-refractivity contribution is -0.128. The van der Waals surface area contributed by atoms with Crippen molar-refractivity contribution in [1.29, 1.82) is 0 Å². The Kier molecular flexibility index (Phi) is 8.45. The molecule has 5 nitrogen and oxygen atoms in total. The molecule has 0 saturated carbocycles. The first-order valence-electron chi connectivity index (χ1n) is 9.96. The van der Waals surface area contributed by atoms with Crippen LogP contribution in [0.3, 0.4) is 0 Å². The molecule has 0 unspecified atom stereocenters. The van der Waals surface area contributed by atoms with Crippen LogP contribution in [0.5, 0.6) is 0 Å². The molecule has 1 aliphatic rings. The van der Waals surface area contributed by atoms with E-state index in [4.69, 9.17) is 0 Å². The van der Waals surface area contributed by atoms with E-state index in [2.05, 4.69) is 60.7 Å². The van der Waals surface area contributed by atoms with Crippen molar-refractivity contribution in [2.45, 2.75) is 59.5 Å². The smallest absolute Gasteiger partial charge is 0.222 e. The number of hydrogen-bond donors (Lipinski definition) is 2. The van der Waals surface area contributed by atoms with E-state index < -0.39 is 0 Å². The average molecular weight is 359 g/mol. The van der Waals surface area contributed by atoms with Gasteiger partial charge in [0.15, 0.2) is 5.96 Å². The van der Waals surface area contributed by atoms with E-state index in [1.54, 1.807) is 0 Å². The summed E-state index contributed by atoms with van der Waals surface area (Å²) in [4.78, 5) is 18.3. The van der Waals surface area contributed by atoms with Crippen LogP contribution in [-0.4, -0.2) is 36.4 Å². The molecule has 1 amide bonds. The topological polar surface area (TPSA) is 56.7 Å². The summed E-state index contributed by atoms with van der Waals surface area (Å²) in [5.41, 5.74) is 2.37. The molecule has 1 aliphatic heterocycles. The first kappa shape index (κ1) is 20.3. The summed E-state index contributed by atoms with van der Waals surface area (Å²) >= 11 is 0. The summed E-state index contributed by atoms with van der Waals surface area (Å²) in [6.07, 6.45) is 4.08. The van der Waals surface area contributed by atoms with Gasteiger partial charge in [-0.15, -0.1) is 0 Å². The molecule has 1 aromatic carbocycles. The number of nitrogens with zero attached hydrogens (tertiary/aromatic N) is 2. The number of hydrogen-bond acceptors (Lipinski definition) is 2. The van der Waals surface area contributed by atoms with E-state index in [1.165, 1.54) is 17.5 Å². The predicted molar refractivity (Wildman–Crippen MR) is 108 cm³/mol. The molecule has 2 rings (SSSR count). The van der Waals surface area contributed by atoms with Crippen molar-refractivity contribution in [3.05, 3.63) is 35.4 Å². The van der Waals surface area contributed by atoms with Crippen LogP contribution in [-0.2, 0) is 17.9 Å². The lowest BCUT2D eigenvalue weighted by Crippen LogP contribution is -2.37. The zero-order valence-corrected chi connectivity index (χ0v) is 16.6. The lowest BCUT2D eigenvalue weighted by Gasteiger charge is -2.15. The van der Waals surface area contributed by atoms with E-state index in [-0.39, 0.29) is 5.91 Å². The van der Waals surface area contributed by atoms with Crippen molar-refractivity contribution in [2.75, 3.05) is 19.6 Å². The van der Waals surface area contributed by atoms with Crippen LogP contribution in [0.2, 0.25) is 0 Å². The van der Waals surface area contributed by atoms with Gasteiger partial charge in [-0.05, 0) is 43.2 Å². The first-order chi connectivity index (χ1) is 12.6. The molecule has 1 saturated heterocycles. The van der Waals surface area contributed by atoms with Crippen LogP contribution in [0.15, 0.2) is 29.3 Å². The van der Waals surface area contributed by atoms with Gasteiger partial charge in [0.05, 0.1) is 6.54 Å². The fraction of sp³-hybridized carbons (Fsp3) is 0.619. The maximum absolute atomic E-state index is 11.7. The molecule has 144 valence electrons. The highest BCUT2D eigenvalue weighted by molar-refractivity contribution is 5.79. The molecule has 1 aromatic rings. The Morgan fingerprint density at radius 2 is 1.92 bits per heavy atom. The van der Waals surface area contributed by atoms with Gasteiger partial charge >= 0.3 is 0 Å². The highest BCUT2D eigenvalue weighted by Crippen LogP contribution is 2.15. The third-order valence-corrected chi connectivity index (χ3v) is 4.58. The maximum atomic E-state index is 11.7. The number of likely N-dealkylation sites (tertiary alicyclic amines) is 1. The Bertz CT molecular complexity index is 580. The summed E-state index contributed by atoms with van der Waals surface area (Å²) in [7, 11) is 0. The van der Waals surface area contributed by atoms with Gasteiger partial charge in [0.2, 0.25) is 5.91 Å². The standard InChI is InChI=1S/C21H34N4O/c1-4-22-21(23-13-5-7-17(2)3)24-15-18-9-11-19(12-10-18)16-25-14-6-8-20(25)26/h9-12,17H,4-8,13-16H2,1-3H3,(H2,22,23,24). The highest BCUT2D eigenvalue weighted by atomic mass is 16.2. The first-order valence-corrected chi connectivity index (χ1v) is 9.96. The van der Waals surface area contributed by atoms with Crippen molar-refractivity contribution in [1.82, 2.24) is 15.5 Å². The fourth-order valence-corrected chi connectivity index (χ4v) is 3.07. The van der Waals surface area contributed by atoms with Gasteiger partial charge in [-0.25, -0.2) is 4.99 Å². The van der Waals surface area contributed by atoms with E-state index >= 15 is 0 Å². The number of carbonyl (C=O) groups excluding carboxylic acids is 1. The molecular formula is C21H34N4O. The third-order valence-electron chi connectivity index (χ3n) is 4.58. The number of amides is 1. The van der Waals surface area contributed by atoms with E-state index in [0.717, 1.165) is 50.9 Å². The average Bonchev–Trinajstić information content (AvgIpc) is 3.02. The minimum Gasteiger partial charge on any atom is -0.357 e. The summed E-state index contributed by atoms with van der Waals surface area (Å²) in [5, 5.41) is 6.71. The minimum absolute atomic E-state index is 0.275. The molecule has 0 atom stereocenters. The fourth-order valence-electron chi connectivity index (χ4n) is 3.07. The monoisotopic (exact) mass is 358 g/mol. The molecule has 0 aliphatic carbocycles. The van der Waals surface area contributed by atoms with Gasteiger partial charge in [0.25, 0.3) is 0 Å². The minimum atomic E-state index is 0.275. The Morgan fingerprint density at radius 3 is 2.54 bits per heavy atom. The highest BCUT2D eigenvalue weighted by Gasteiger charge is 2.19. The van der Waals surface area contributed by atoms with Gasteiger partial charge in [-0.1, -0.05) is 38.1 Å². The van der Waals surface area contributed by atoms with Gasteiger partial charge < -0.3 is 15.5 Å². The molecule has 0 aromatic heterocycles. The predicted octanol–water partition coefficient (Wildman–Crippen LogP) is 3.30. The maximum Gasteiger partial charge on any atom is 0.222 e. The Morgan fingerprint density at radius 1 is 1.19 bits per heavy atom. The van der Waals surface area contributed by atoms with Crippen molar-refractivity contribution in [3.63, 3.8) is 0 Å². The van der Waals surface area contributed by atoms with E-state index in [9.17, 15) is 4.79 Å². The summed E-state index contributed by atoms with van der Waals surface area (Å²) in [5.74, 6) is 1.89. The second-order valence-corrected chi connectivity index (χ2v) is 7.39. The second kappa shape index (κ2) is 10.8. The number of carbonyl (C=O) groups is 1.